The third kappa shape index (κ3) is 3.62. The second-order valence-electron chi connectivity index (χ2n) is 9.74. The number of nitrogens with one attached hydrogen (secondary N) is 3. The van der Waals surface area contributed by atoms with Crippen LogP contribution in [0.3, 0.4) is 0 Å². The van der Waals surface area contributed by atoms with Crippen LogP contribution in [0, 0.1) is 0 Å². The van der Waals surface area contributed by atoms with E-state index in [-0.39, 0.29) is 16.7 Å². The summed E-state index contributed by atoms with van der Waals surface area (Å²) < 4.78 is 0.402. The lowest BCUT2D eigenvalue weighted by Gasteiger charge is -2.53. The highest BCUT2D eigenvalue weighted by Crippen LogP contribution is 2.60. The first-order valence-electron chi connectivity index (χ1n) is 10.5. The zero-order valence-electron chi connectivity index (χ0n) is 18.9. The SMILES string of the molecule is CC1(C)c2[nH]nc(NC(=O)C3(S(C)(C)C)CCC3)c2CN1C(=O)Nc1c(Cl)cccc1Br. The second kappa shape index (κ2) is 7.95. The highest BCUT2D eigenvalue weighted by Gasteiger charge is 2.51. The van der Waals surface area contributed by atoms with Crippen LogP contribution < -0.4 is 10.6 Å². The number of nitrogens with zero attached hydrogens (tertiary/aromatic N) is 2. The van der Waals surface area contributed by atoms with E-state index in [9.17, 15) is 9.59 Å². The van der Waals surface area contributed by atoms with Gasteiger partial charge in [0, 0.05) is 10.0 Å². The molecule has 0 atom stereocenters. The van der Waals surface area contributed by atoms with Crippen molar-refractivity contribution in [2.45, 2.75) is 49.9 Å². The minimum Gasteiger partial charge on any atom is -0.309 e. The van der Waals surface area contributed by atoms with Gasteiger partial charge in [0.1, 0.15) is 0 Å². The van der Waals surface area contributed by atoms with Crippen LogP contribution in [0.4, 0.5) is 16.3 Å². The van der Waals surface area contributed by atoms with E-state index in [1.54, 1.807) is 11.0 Å². The Labute approximate surface area is 203 Å². The number of carbonyl (C=O) groups excluding carboxylic acids is 2. The van der Waals surface area contributed by atoms with Gasteiger partial charge in [-0.25, -0.2) is 14.8 Å². The number of anilines is 2. The van der Waals surface area contributed by atoms with Gasteiger partial charge in [-0.15, -0.1) is 0 Å². The van der Waals surface area contributed by atoms with Gasteiger partial charge in [0.15, 0.2) is 5.82 Å². The number of hydrogen-bond donors (Lipinski definition) is 3. The Bertz CT molecular complexity index is 1070. The fraction of sp³-hybridized carbons (Fsp3) is 0.500. The van der Waals surface area contributed by atoms with Crippen LogP contribution in [-0.4, -0.2) is 50.5 Å². The lowest BCUT2D eigenvalue weighted by Crippen LogP contribution is -2.51. The van der Waals surface area contributed by atoms with Crippen molar-refractivity contribution in [3.8, 4) is 0 Å². The van der Waals surface area contributed by atoms with Crippen molar-refractivity contribution in [2.75, 3.05) is 29.4 Å². The molecule has 0 saturated heterocycles. The zero-order valence-corrected chi connectivity index (χ0v) is 22.1. The van der Waals surface area contributed by atoms with Crippen LogP contribution in [0.2, 0.25) is 5.02 Å². The lowest BCUT2D eigenvalue weighted by atomic mass is 9.83. The maximum Gasteiger partial charge on any atom is 0.322 e. The maximum atomic E-state index is 13.3. The molecule has 0 bridgehead atoms. The van der Waals surface area contributed by atoms with E-state index >= 15 is 0 Å². The number of para-hydroxylation sites is 1. The summed E-state index contributed by atoms with van der Waals surface area (Å²) in [6.07, 6.45) is 9.50. The number of rotatable bonds is 4. The number of aromatic amines is 1. The van der Waals surface area contributed by atoms with Crippen molar-refractivity contribution in [2.24, 2.45) is 0 Å². The summed E-state index contributed by atoms with van der Waals surface area (Å²) in [6, 6.07) is 5.08. The zero-order chi connectivity index (χ0) is 23.5. The molecule has 32 heavy (non-hydrogen) atoms. The molecule has 3 N–H and O–H groups in total. The first kappa shape index (κ1) is 23.4. The molecule has 0 unspecified atom stereocenters. The van der Waals surface area contributed by atoms with Crippen LogP contribution >= 0.6 is 37.6 Å². The Kier molecular flexibility index (Phi) is 5.83. The van der Waals surface area contributed by atoms with E-state index < -0.39 is 15.6 Å². The van der Waals surface area contributed by atoms with Gasteiger partial charge in [-0.2, -0.15) is 5.10 Å². The van der Waals surface area contributed by atoms with Gasteiger partial charge < -0.3 is 15.5 Å². The van der Waals surface area contributed by atoms with Crippen LogP contribution in [0.15, 0.2) is 22.7 Å². The minimum absolute atomic E-state index is 0.0428. The standard InChI is InChI=1S/C22H29BrClN5O2S/c1-21(2)17-13(12-29(21)20(31)25-16-14(23)8-6-9-15(16)24)18(28-27-17)26-19(30)22(10-7-11-22)32(3,4)5/h6,8-9H,7,10-12H2,1-5H3,(H,25,31)(H2,26,27,28,30). The fourth-order valence-corrected chi connectivity index (χ4v) is 7.50. The normalized spacial score (nSPS) is 19.2. The van der Waals surface area contributed by atoms with Gasteiger partial charge in [0.2, 0.25) is 5.91 Å². The summed E-state index contributed by atoms with van der Waals surface area (Å²) in [5, 5.41) is 13.9. The average molecular weight is 543 g/mol. The van der Waals surface area contributed by atoms with Crippen LogP contribution in [-0.2, 0) is 16.9 Å². The summed E-state index contributed by atoms with van der Waals surface area (Å²) in [5.74, 6) is 0.559. The molecule has 1 aromatic carbocycles. The first-order valence-corrected chi connectivity index (χ1v) is 14.5. The Morgan fingerprint density at radius 1 is 1.22 bits per heavy atom. The molecule has 10 heteroatoms. The summed E-state index contributed by atoms with van der Waals surface area (Å²) in [4.78, 5) is 28.2. The second-order valence-corrected chi connectivity index (χ2v) is 15.5. The topological polar surface area (TPSA) is 90.1 Å². The van der Waals surface area contributed by atoms with Crippen molar-refractivity contribution in [1.82, 2.24) is 15.1 Å². The lowest BCUT2D eigenvalue weighted by molar-refractivity contribution is -0.120. The first-order chi connectivity index (χ1) is 14.9. The van der Waals surface area contributed by atoms with Crippen LogP contribution in [0.25, 0.3) is 0 Å². The molecular formula is C22H29BrClN5O2S. The van der Waals surface area contributed by atoms with E-state index in [4.69, 9.17) is 11.6 Å². The number of H-pyrrole nitrogens is 1. The van der Waals surface area contributed by atoms with Gasteiger partial charge in [-0.3, -0.25) is 9.89 Å². The molecule has 174 valence electrons. The highest BCUT2D eigenvalue weighted by atomic mass is 79.9. The Morgan fingerprint density at radius 2 is 1.91 bits per heavy atom. The van der Waals surface area contributed by atoms with Gasteiger partial charge >= 0.3 is 6.03 Å². The number of fused-ring (bicyclic) bond motifs is 1. The predicted molar refractivity (Wildman–Crippen MR) is 136 cm³/mol. The number of amides is 3. The molecule has 4 rings (SSSR count). The number of benzene rings is 1. The van der Waals surface area contributed by atoms with Crippen LogP contribution in [0.1, 0.15) is 44.4 Å². The monoisotopic (exact) mass is 541 g/mol. The van der Waals surface area contributed by atoms with E-state index in [1.165, 1.54) is 0 Å². The molecule has 0 spiro atoms. The van der Waals surface area contributed by atoms with Crippen molar-refractivity contribution >= 4 is 61.0 Å². The van der Waals surface area contributed by atoms with E-state index in [2.05, 4.69) is 55.5 Å². The highest BCUT2D eigenvalue weighted by molar-refractivity contribution is 9.10. The molecule has 1 aromatic heterocycles. The van der Waals surface area contributed by atoms with E-state index in [0.717, 1.165) is 30.5 Å². The van der Waals surface area contributed by atoms with Crippen molar-refractivity contribution in [3.63, 3.8) is 0 Å². The Balaban J connectivity index is 1.56. The molecule has 1 fully saturated rings. The molecule has 2 aliphatic rings. The number of carbonyl (C=O) groups is 2. The van der Waals surface area contributed by atoms with Gasteiger partial charge in [-0.1, -0.05) is 17.7 Å². The van der Waals surface area contributed by atoms with Gasteiger partial charge in [0.05, 0.1) is 33.2 Å². The Morgan fingerprint density at radius 3 is 2.47 bits per heavy atom. The van der Waals surface area contributed by atoms with Gasteiger partial charge in [0.25, 0.3) is 0 Å². The summed E-state index contributed by atoms with van der Waals surface area (Å²) in [5.41, 5.74) is 1.56. The number of halogens is 2. The van der Waals surface area contributed by atoms with Crippen molar-refractivity contribution in [1.29, 1.82) is 0 Å². The smallest absolute Gasteiger partial charge is 0.309 e. The third-order valence-electron chi connectivity index (χ3n) is 6.89. The summed E-state index contributed by atoms with van der Waals surface area (Å²) >= 11 is 9.72. The van der Waals surface area contributed by atoms with Crippen molar-refractivity contribution in [3.05, 3.63) is 39.0 Å². The third-order valence-corrected chi connectivity index (χ3v) is 10.8. The fourth-order valence-electron chi connectivity index (χ4n) is 4.57. The van der Waals surface area contributed by atoms with E-state index in [1.807, 2.05) is 26.0 Å². The quantitative estimate of drug-likeness (QED) is 0.465. The molecule has 1 saturated carbocycles. The van der Waals surface area contributed by atoms with Crippen molar-refractivity contribution < 1.29 is 9.59 Å². The summed E-state index contributed by atoms with van der Waals surface area (Å²) in [7, 11) is -1.08. The predicted octanol–water partition coefficient (Wildman–Crippen LogP) is 5.66. The number of aromatic nitrogens is 2. The van der Waals surface area contributed by atoms with E-state index in [0.29, 0.717) is 27.5 Å². The molecule has 1 aliphatic heterocycles. The maximum absolute atomic E-state index is 13.3. The van der Waals surface area contributed by atoms with Crippen LogP contribution in [0.5, 0.6) is 0 Å². The molecule has 3 amide bonds. The molecule has 7 nitrogen and oxygen atoms in total. The largest absolute Gasteiger partial charge is 0.322 e. The molecule has 2 heterocycles. The summed E-state index contributed by atoms with van der Waals surface area (Å²) in [6.45, 7) is 4.24. The average Bonchev–Trinajstić information content (AvgIpc) is 3.14. The van der Waals surface area contributed by atoms with Gasteiger partial charge in [-0.05, 0) is 79.9 Å². The molecule has 2 aromatic rings. The molecule has 1 aliphatic carbocycles. The molecule has 0 radical (unpaired) electrons. The number of urea groups is 1. The molecular weight excluding hydrogens is 514 g/mol. The Hall–Kier alpha value is -1.71. The number of hydrogen-bond acceptors (Lipinski definition) is 3. The minimum atomic E-state index is -1.08.